The van der Waals surface area contributed by atoms with Gasteiger partial charge in [0.25, 0.3) is 0 Å². The molecular formula is C37H37N9. The van der Waals surface area contributed by atoms with Gasteiger partial charge in [-0.25, -0.2) is 15.0 Å². The molecule has 0 unspecified atom stereocenters. The summed E-state index contributed by atoms with van der Waals surface area (Å²) in [6, 6.07) is 29.0. The van der Waals surface area contributed by atoms with E-state index in [1.54, 1.807) is 6.20 Å². The van der Waals surface area contributed by atoms with Crippen LogP contribution in [-0.4, -0.2) is 34.1 Å². The first kappa shape index (κ1) is 29.2. The molecule has 230 valence electrons. The van der Waals surface area contributed by atoms with Crippen molar-refractivity contribution in [3.8, 4) is 5.82 Å². The fraction of sp³-hybridized carbons (Fsp3) is 0.216. The Hall–Kier alpha value is -5.57. The predicted molar refractivity (Wildman–Crippen MR) is 184 cm³/mol. The van der Waals surface area contributed by atoms with E-state index in [2.05, 4.69) is 84.7 Å². The zero-order chi connectivity index (χ0) is 31.1. The number of hydrogen-bond acceptors (Lipinski definition) is 7. The maximum atomic E-state index is 4.80. The van der Waals surface area contributed by atoms with Gasteiger partial charge in [0.1, 0.15) is 11.5 Å². The average Bonchev–Trinajstić information content (AvgIpc) is 3.87. The van der Waals surface area contributed by atoms with Crippen molar-refractivity contribution < 1.29 is 0 Å². The van der Waals surface area contributed by atoms with Gasteiger partial charge in [0.2, 0.25) is 11.9 Å². The number of nitrogens with zero attached hydrogens (tertiary/aromatic N) is 7. The molecule has 5 heterocycles. The molecule has 0 bridgehead atoms. The second-order valence-electron chi connectivity index (χ2n) is 11.6. The first-order valence-corrected chi connectivity index (χ1v) is 15.9. The lowest BCUT2D eigenvalue weighted by Crippen LogP contribution is -2.07. The van der Waals surface area contributed by atoms with E-state index < -0.39 is 0 Å². The van der Waals surface area contributed by atoms with Gasteiger partial charge in [-0.3, -0.25) is 4.57 Å². The Balaban J connectivity index is 0.000000147. The Kier molecular flexibility index (Phi) is 8.62. The van der Waals surface area contributed by atoms with Crippen molar-refractivity contribution in [2.75, 3.05) is 10.6 Å². The molecule has 7 aromatic rings. The van der Waals surface area contributed by atoms with E-state index in [-0.39, 0.29) is 0 Å². The van der Waals surface area contributed by atoms with Gasteiger partial charge in [0.15, 0.2) is 5.65 Å². The summed E-state index contributed by atoms with van der Waals surface area (Å²) in [6.07, 6.45) is 14.9. The zero-order valence-corrected chi connectivity index (χ0v) is 25.9. The van der Waals surface area contributed by atoms with Crippen molar-refractivity contribution in [1.82, 2.24) is 34.1 Å². The molecule has 1 aliphatic carbocycles. The summed E-state index contributed by atoms with van der Waals surface area (Å²) in [6.45, 7) is 3.58. The number of rotatable bonds is 8. The van der Waals surface area contributed by atoms with E-state index in [4.69, 9.17) is 4.98 Å². The number of pyridine rings is 1. The monoisotopic (exact) mass is 607 g/mol. The Morgan fingerprint density at radius 3 is 1.98 bits per heavy atom. The molecule has 2 N–H and O–H groups in total. The zero-order valence-electron chi connectivity index (χ0n) is 25.9. The molecule has 9 nitrogen and oxygen atoms in total. The van der Waals surface area contributed by atoms with Gasteiger partial charge < -0.3 is 15.2 Å². The van der Waals surface area contributed by atoms with Crippen LogP contribution in [0, 0.1) is 6.92 Å². The van der Waals surface area contributed by atoms with Gasteiger partial charge in [-0.2, -0.15) is 9.97 Å². The van der Waals surface area contributed by atoms with Gasteiger partial charge in [0, 0.05) is 60.9 Å². The van der Waals surface area contributed by atoms with Crippen LogP contribution in [0.3, 0.4) is 0 Å². The van der Waals surface area contributed by atoms with Crippen molar-refractivity contribution >= 4 is 34.0 Å². The summed E-state index contributed by atoms with van der Waals surface area (Å²) in [4.78, 5) is 22.7. The number of anilines is 2. The summed E-state index contributed by atoms with van der Waals surface area (Å²) in [5.74, 6) is 2.16. The number of hydrogen-bond donors (Lipinski definition) is 2. The maximum Gasteiger partial charge on any atom is 0.224 e. The van der Waals surface area contributed by atoms with Crippen molar-refractivity contribution in [1.29, 1.82) is 0 Å². The fourth-order valence-electron chi connectivity index (χ4n) is 5.97. The SMILES string of the molecule is Cc1cn(C2CCCC2)c2nc(NCc3ccccc3)ncc12.c1ccc(CNc2ncc3ccn(-c4ccccn4)c3n2)cc1. The lowest BCUT2D eigenvalue weighted by Gasteiger charge is -2.13. The van der Waals surface area contributed by atoms with Crippen molar-refractivity contribution in [2.45, 2.75) is 51.7 Å². The van der Waals surface area contributed by atoms with Gasteiger partial charge in [0.05, 0.1) is 0 Å². The lowest BCUT2D eigenvalue weighted by atomic mass is 10.2. The summed E-state index contributed by atoms with van der Waals surface area (Å²) >= 11 is 0. The number of aryl methyl sites for hydroxylation is 1. The molecule has 0 radical (unpaired) electrons. The lowest BCUT2D eigenvalue weighted by molar-refractivity contribution is 0.531. The van der Waals surface area contributed by atoms with E-state index in [1.165, 1.54) is 47.8 Å². The Morgan fingerprint density at radius 1 is 0.696 bits per heavy atom. The van der Waals surface area contributed by atoms with Crippen molar-refractivity contribution in [3.63, 3.8) is 0 Å². The Morgan fingerprint density at radius 2 is 1.33 bits per heavy atom. The summed E-state index contributed by atoms with van der Waals surface area (Å²) in [7, 11) is 0. The standard InChI is InChI=1S/C19H22N4.C18H15N5/c1-14-13-23(16-9-5-6-10-16)18-17(14)12-21-19(22-18)20-11-15-7-3-2-4-8-15;1-2-6-14(7-3-1)12-20-18-21-13-15-9-11-23(17(15)22-18)16-8-4-5-10-19-16/h2-4,7-8,12-13,16H,5-6,9-11H2,1H3,(H,20,21,22);1-11,13H,12H2,(H,20,21,22). The van der Waals surface area contributed by atoms with Gasteiger partial charge in [-0.1, -0.05) is 79.6 Å². The van der Waals surface area contributed by atoms with E-state index in [0.29, 0.717) is 24.5 Å². The molecule has 2 aromatic carbocycles. The van der Waals surface area contributed by atoms with Gasteiger partial charge >= 0.3 is 0 Å². The smallest absolute Gasteiger partial charge is 0.224 e. The molecule has 1 saturated carbocycles. The highest BCUT2D eigenvalue weighted by Crippen LogP contribution is 2.33. The first-order valence-electron chi connectivity index (χ1n) is 15.9. The van der Waals surface area contributed by atoms with Crippen LogP contribution in [0.2, 0.25) is 0 Å². The number of fused-ring (bicyclic) bond motifs is 2. The molecule has 1 fully saturated rings. The highest BCUT2D eigenvalue weighted by Gasteiger charge is 2.20. The number of benzene rings is 2. The van der Waals surface area contributed by atoms with Gasteiger partial charge in [-0.05, 0) is 54.7 Å². The molecule has 5 aromatic heterocycles. The molecule has 1 aliphatic rings. The number of nitrogens with one attached hydrogen (secondary N) is 2. The minimum Gasteiger partial charge on any atom is -0.350 e. The average molecular weight is 608 g/mol. The highest BCUT2D eigenvalue weighted by molar-refractivity contribution is 5.80. The van der Waals surface area contributed by atoms with E-state index >= 15 is 0 Å². The molecule has 8 rings (SSSR count). The summed E-state index contributed by atoms with van der Waals surface area (Å²) in [5.41, 5.74) is 5.60. The van der Waals surface area contributed by atoms with Crippen LogP contribution in [0.1, 0.15) is 48.4 Å². The first-order chi connectivity index (χ1) is 22.7. The van der Waals surface area contributed by atoms with Crippen LogP contribution in [-0.2, 0) is 13.1 Å². The fourth-order valence-corrected chi connectivity index (χ4v) is 5.97. The van der Waals surface area contributed by atoms with E-state index in [9.17, 15) is 0 Å². The molecule has 46 heavy (non-hydrogen) atoms. The molecule has 9 heteroatoms. The minimum atomic E-state index is 0.600. The second kappa shape index (κ2) is 13.6. The molecule has 0 amide bonds. The van der Waals surface area contributed by atoms with E-state index in [0.717, 1.165) is 29.0 Å². The summed E-state index contributed by atoms with van der Waals surface area (Å²) in [5, 5.41) is 8.77. The third kappa shape index (κ3) is 6.58. The largest absolute Gasteiger partial charge is 0.350 e. The topological polar surface area (TPSA) is 98.4 Å². The maximum absolute atomic E-state index is 4.80. The predicted octanol–water partition coefficient (Wildman–Crippen LogP) is 7.89. The third-order valence-electron chi connectivity index (χ3n) is 8.40. The second-order valence-corrected chi connectivity index (χ2v) is 11.6. The van der Waals surface area contributed by atoms with Gasteiger partial charge in [-0.15, -0.1) is 0 Å². The van der Waals surface area contributed by atoms with Crippen LogP contribution in [0.25, 0.3) is 27.9 Å². The minimum absolute atomic E-state index is 0.600. The Labute approximate surface area is 268 Å². The third-order valence-corrected chi connectivity index (χ3v) is 8.40. The van der Waals surface area contributed by atoms with Crippen LogP contribution in [0.5, 0.6) is 0 Å². The number of aromatic nitrogens is 7. The van der Waals surface area contributed by atoms with Crippen molar-refractivity contribution in [2.24, 2.45) is 0 Å². The normalized spacial score (nSPS) is 13.1. The Bertz CT molecular complexity index is 2010. The highest BCUT2D eigenvalue weighted by atomic mass is 15.2. The molecule has 0 aliphatic heterocycles. The van der Waals surface area contributed by atoms with Crippen LogP contribution < -0.4 is 10.6 Å². The van der Waals surface area contributed by atoms with Crippen LogP contribution in [0.15, 0.2) is 116 Å². The van der Waals surface area contributed by atoms with Crippen LogP contribution in [0.4, 0.5) is 11.9 Å². The molecule has 0 saturated heterocycles. The molecule has 0 atom stereocenters. The van der Waals surface area contributed by atoms with Crippen LogP contribution >= 0.6 is 0 Å². The molecular weight excluding hydrogens is 570 g/mol. The van der Waals surface area contributed by atoms with Crippen molar-refractivity contribution in [3.05, 3.63) is 133 Å². The van der Waals surface area contributed by atoms with E-state index in [1.807, 2.05) is 71.7 Å². The molecule has 0 spiro atoms. The quantitative estimate of drug-likeness (QED) is 0.181. The summed E-state index contributed by atoms with van der Waals surface area (Å²) < 4.78 is 4.33.